The van der Waals surface area contributed by atoms with Crippen LogP contribution in [-0.4, -0.2) is 42.1 Å². The molecule has 1 aliphatic carbocycles. The quantitative estimate of drug-likeness (QED) is 0.711. The number of amides is 2. The number of nitrogens with zero attached hydrogens (tertiary/aromatic N) is 3. The van der Waals surface area contributed by atoms with Crippen molar-refractivity contribution in [2.75, 3.05) is 25.5 Å². The SMILES string of the molecule is CCN(C)C(=O)OCC1CCc2c(sc(NC(=O)/C=C/c3cccnc3)c2C#N)C1. The summed E-state index contributed by atoms with van der Waals surface area (Å²) in [6, 6.07) is 5.89. The fraction of sp³-hybridized carbons (Fsp3) is 0.364. The van der Waals surface area contributed by atoms with E-state index in [-0.39, 0.29) is 17.9 Å². The van der Waals surface area contributed by atoms with Gasteiger partial charge in [-0.25, -0.2) is 4.79 Å². The lowest BCUT2D eigenvalue weighted by atomic mass is 9.88. The summed E-state index contributed by atoms with van der Waals surface area (Å²) in [5, 5.41) is 13.0. The Bertz CT molecular complexity index is 978. The van der Waals surface area contributed by atoms with Crippen LogP contribution in [0.5, 0.6) is 0 Å². The lowest BCUT2D eigenvalue weighted by molar-refractivity contribution is -0.111. The molecule has 0 fully saturated rings. The first-order valence-corrected chi connectivity index (χ1v) is 10.6. The highest BCUT2D eigenvalue weighted by Crippen LogP contribution is 2.39. The Morgan fingerprint density at radius 2 is 2.33 bits per heavy atom. The topological polar surface area (TPSA) is 95.3 Å². The first kappa shape index (κ1) is 21.5. The molecule has 8 heteroatoms. The summed E-state index contributed by atoms with van der Waals surface area (Å²) in [7, 11) is 1.71. The highest BCUT2D eigenvalue weighted by molar-refractivity contribution is 7.16. The molecule has 0 aromatic carbocycles. The van der Waals surface area contributed by atoms with Gasteiger partial charge in [0.1, 0.15) is 11.1 Å². The maximum atomic E-state index is 12.3. The molecule has 1 atom stereocenters. The number of hydrogen-bond donors (Lipinski definition) is 1. The van der Waals surface area contributed by atoms with Crippen LogP contribution < -0.4 is 5.32 Å². The number of fused-ring (bicyclic) bond motifs is 1. The average Bonchev–Trinajstić information content (AvgIpc) is 3.12. The van der Waals surface area contributed by atoms with E-state index in [0.717, 1.165) is 35.3 Å². The van der Waals surface area contributed by atoms with E-state index >= 15 is 0 Å². The number of nitrogens with one attached hydrogen (secondary N) is 1. The first-order chi connectivity index (χ1) is 14.5. The third kappa shape index (κ3) is 5.24. The number of nitriles is 1. The third-order valence-corrected chi connectivity index (χ3v) is 6.23. The fourth-order valence-electron chi connectivity index (χ4n) is 3.23. The summed E-state index contributed by atoms with van der Waals surface area (Å²) < 4.78 is 5.39. The van der Waals surface area contributed by atoms with Crippen LogP contribution in [0.25, 0.3) is 6.08 Å². The molecule has 3 rings (SSSR count). The number of hydrogen-bond acceptors (Lipinski definition) is 6. The molecule has 1 N–H and O–H groups in total. The van der Waals surface area contributed by atoms with Gasteiger partial charge in [0, 0.05) is 36.9 Å². The smallest absolute Gasteiger partial charge is 0.409 e. The zero-order valence-electron chi connectivity index (χ0n) is 17.1. The second kappa shape index (κ2) is 10.0. The van der Waals surface area contributed by atoms with Crippen LogP contribution in [0.4, 0.5) is 9.80 Å². The molecule has 2 aromatic rings. The van der Waals surface area contributed by atoms with E-state index in [2.05, 4.69) is 16.4 Å². The van der Waals surface area contributed by atoms with Gasteiger partial charge in [-0.1, -0.05) is 6.07 Å². The van der Waals surface area contributed by atoms with Crippen molar-refractivity contribution in [2.45, 2.75) is 26.2 Å². The van der Waals surface area contributed by atoms with Gasteiger partial charge in [0.15, 0.2) is 0 Å². The first-order valence-electron chi connectivity index (χ1n) is 9.83. The second-order valence-electron chi connectivity index (χ2n) is 7.13. The van der Waals surface area contributed by atoms with E-state index < -0.39 is 0 Å². The maximum absolute atomic E-state index is 12.3. The summed E-state index contributed by atoms with van der Waals surface area (Å²) in [6.07, 6.45) is 8.45. The van der Waals surface area contributed by atoms with Crippen molar-refractivity contribution >= 4 is 34.4 Å². The average molecular weight is 425 g/mol. The van der Waals surface area contributed by atoms with Gasteiger partial charge >= 0.3 is 6.09 Å². The van der Waals surface area contributed by atoms with Crippen molar-refractivity contribution in [1.82, 2.24) is 9.88 Å². The maximum Gasteiger partial charge on any atom is 0.409 e. The number of carbonyl (C=O) groups is 2. The minimum absolute atomic E-state index is 0.214. The molecule has 156 valence electrons. The van der Waals surface area contributed by atoms with Crippen LogP contribution in [0, 0.1) is 17.2 Å². The predicted molar refractivity (Wildman–Crippen MR) is 116 cm³/mol. The minimum Gasteiger partial charge on any atom is -0.449 e. The van der Waals surface area contributed by atoms with E-state index in [9.17, 15) is 14.9 Å². The van der Waals surface area contributed by atoms with Gasteiger partial charge in [-0.3, -0.25) is 9.78 Å². The zero-order chi connectivity index (χ0) is 21.5. The molecule has 1 unspecified atom stereocenters. The van der Waals surface area contributed by atoms with Crippen LogP contribution in [0.15, 0.2) is 30.6 Å². The van der Waals surface area contributed by atoms with E-state index in [1.165, 1.54) is 22.3 Å². The summed E-state index contributed by atoms with van der Waals surface area (Å²) in [4.78, 5) is 30.8. The number of aromatic nitrogens is 1. The molecule has 2 aromatic heterocycles. The molecule has 30 heavy (non-hydrogen) atoms. The lowest BCUT2D eigenvalue weighted by Gasteiger charge is -2.23. The molecule has 0 saturated heterocycles. The van der Waals surface area contributed by atoms with Crippen LogP contribution in [-0.2, 0) is 22.4 Å². The van der Waals surface area contributed by atoms with Crippen molar-refractivity contribution in [2.24, 2.45) is 5.92 Å². The predicted octanol–water partition coefficient (Wildman–Crippen LogP) is 3.86. The van der Waals surface area contributed by atoms with Crippen LogP contribution in [0.2, 0.25) is 0 Å². The van der Waals surface area contributed by atoms with Gasteiger partial charge in [-0.05, 0) is 55.4 Å². The van der Waals surface area contributed by atoms with E-state index in [4.69, 9.17) is 4.74 Å². The van der Waals surface area contributed by atoms with Crippen molar-refractivity contribution < 1.29 is 14.3 Å². The Morgan fingerprint density at radius 1 is 1.50 bits per heavy atom. The second-order valence-corrected chi connectivity index (χ2v) is 8.23. The molecule has 7 nitrogen and oxygen atoms in total. The number of pyridine rings is 1. The lowest BCUT2D eigenvalue weighted by Crippen LogP contribution is -2.29. The number of ether oxygens (including phenoxy) is 1. The fourth-order valence-corrected chi connectivity index (χ4v) is 4.55. The molecule has 0 bridgehead atoms. The molecule has 0 spiro atoms. The van der Waals surface area contributed by atoms with E-state index in [1.54, 1.807) is 31.6 Å². The van der Waals surface area contributed by atoms with E-state index in [0.29, 0.717) is 23.7 Å². The monoisotopic (exact) mass is 424 g/mol. The van der Waals surface area contributed by atoms with Gasteiger partial charge in [-0.15, -0.1) is 11.3 Å². The molecule has 1 aliphatic rings. The van der Waals surface area contributed by atoms with Gasteiger partial charge in [-0.2, -0.15) is 5.26 Å². The summed E-state index contributed by atoms with van der Waals surface area (Å²) in [5.74, 6) is -0.0760. The molecule has 2 heterocycles. The Morgan fingerprint density at radius 3 is 3.03 bits per heavy atom. The Hall–Kier alpha value is -3.18. The number of thiophene rings is 1. The molecule has 0 aliphatic heterocycles. The Kier molecular flexibility index (Phi) is 7.20. The van der Waals surface area contributed by atoms with Crippen molar-refractivity contribution in [1.29, 1.82) is 5.26 Å². The van der Waals surface area contributed by atoms with Crippen molar-refractivity contribution in [3.63, 3.8) is 0 Å². The summed E-state index contributed by atoms with van der Waals surface area (Å²) in [5.41, 5.74) is 2.37. The van der Waals surface area contributed by atoms with Gasteiger partial charge in [0.05, 0.1) is 12.2 Å². The van der Waals surface area contributed by atoms with Crippen LogP contribution in [0.3, 0.4) is 0 Å². The van der Waals surface area contributed by atoms with Crippen LogP contribution >= 0.6 is 11.3 Å². The van der Waals surface area contributed by atoms with Gasteiger partial charge in [0.25, 0.3) is 0 Å². The Labute approximate surface area is 180 Å². The van der Waals surface area contributed by atoms with Crippen molar-refractivity contribution in [3.05, 3.63) is 52.2 Å². The molecular weight excluding hydrogens is 400 g/mol. The van der Waals surface area contributed by atoms with Crippen molar-refractivity contribution in [3.8, 4) is 6.07 Å². The molecule has 2 amide bonds. The van der Waals surface area contributed by atoms with Gasteiger partial charge < -0.3 is 15.0 Å². The zero-order valence-corrected chi connectivity index (χ0v) is 17.9. The highest BCUT2D eigenvalue weighted by atomic mass is 32.1. The third-order valence-electron chi connectivity index (χ3n) is 5.06. The van der Waals surface area contributed by atoms with Gasteiger partial charge in [0.2, 0.25) is 5.91 Å². The largest absolute Gasteiger partial charge is 0.449 e. The van der Waals surface area contributed by atoms with E-state index in [1.807, 2.05) is 13.0 Å². The number of carbonyl (C=O) groups excluding carboxylic acids is 2. The standard InChI is InChI=1S/C22H24N4O3S/c1-3-26(2)22(28)29-14-16-6-8-17-18(12-23)21(30-19(17)11-16)25-20(27)9-7-15-5-4-10-24-13-15/h4-5,7,9-10,13,16H,3,6,8,11,14H2,1-2H3,(H,25,27)/b9-7+. The molecular formula is C22H24N4O3S. The van der Waals surface area contributed by atoms with Crippen LogP contribution in [0.1, 0.15) is 34.9 Å². The minimum atomic E-state index is -0.319. The number of anilines is 1. The molecule has 0 saturated carbocycles. The Balaban J connectivity index is 1.64. The normalized spacial score (nSPS) is 15.3. The number of rotatable bonds is 6. The highest BCUT2D eigenvalue weighted by Gasteiger charge is 2.27. The molecule has 0 radical (unpaired) electrons. The summed E-state index contributed by atoms with van der Waals surface area (Å²) >= 11 is 1.43. The summed E-state index contributed by atoms with van der Waals surface area (Å²) in [6.45, 7) is 2.85.